The van der Waals surface area contributed by atoms with Crippen molar-refractivity contribution < 1.29 is 49.0 Å². The highest BCUT2D eigenvalue weighted by atomic mass is 127. The number of phenols is 4. The van der Waals surface area contributed by atoms with Crippen molar-refractivity contribution in [2.24, 2.45) is 0 Å². The highest BCUT2D eigenvalue weighted by molar-refractivity contribution is 14.1. The Balaban J connectivity index is 1.74. The maximum absolute atomic E-state index is 13.4. The van der Waals surface area contributed by atoms with Crippen molar-refractivity contribution >= 4 is 34.5 Å². The van der Waals surface area contributed by atoms with Crippen LogP contribution in [0.1, 0.15) is 44.7 Å². The van der Waals surface area contributed by atoms with Crippen LogP contribution in [0.25, 0.3) is 11.1 Å². The highest BCUT2D eigenvalue weighted by Crippen LogP contribution is 2.55. The summed E-state index contributed by atoms with van der Waals surface area (Å²) in [6.45, 7) is -0.186. The molecule has 0 saturated heterocycles. The van der Waals surface area contributed by atoms with Gasteiger partial charge >= 0.3 is 11.9 Å². The standard InChI is InChI=1S/C32H27IO10/c33-25-24-23(27(36)30(28(25)37)43-17-19-11-5-2-6-12-19)22-20(31(38)40-13-7-8-14-41-32(24)39)15-21(34)29(26(22)35)42-16-18-9-3-1-4-10-18/h1-6,9-12,15,34-37H,7-8,13-14,16-17H2. The molecule has 1 heterocycles. The number of cyclic esters (lactones) is 2. The van der Waals surface area contributed by atoms with E-state index in [1.807, 2.05) is 12.1 Å². The predicted molar refractivity (Wildman–Crippen MR) is 163 cm³/mol. The number of hydrogen-bond donors (Lipinski definition) is 4. The first-order valence-electron chi connectivity index (χ1n) is 13.3. The van der Waals surface area contributed by atoms with Crippen LogP contribution in [0.4, 0.5) is 0 Å². The third kappa shape index (κ3) is 6.26. The van der Waals surface area contributed by atoms with E-state index in [1.54, 1.807) is 71.1 Å². The molecule has 4 N–H and O–H groups in total. The molecule has 0 unspecified atom stereocenters. The van der Waals surface area contributed by atoms with Crippen LogP contribution in [0, 0.1) is 3.57 Å². The molecule has 43 heavy (non-hydrogen) atoms. The number of benzene rings is 4. The van der Waals surface area contributed by atoms with Crippen LogP contribution in [0.5, 0.6) is 34.5 Å². The largest absolute Gasteiger partial charge is 0.504 e. The van der Waals surface area contributed by atoms with Crippen molar-refractivity contribution in [2.75, 3.05) is 13.2 Å². The van der Waals surface area contributed by atoms with Gasteiger partial charge in [-0.2, -0.15) is 0 Å². The van der Waals surface area contributed by atoms with Gasteiger partial charge in [-0.15, -0.1) is 0 Å². The fraction of sp³-hybridized carbons (Fsp3) is 0.188. The van der Waals surface area contributed by atoms with E-state index in [9.17, 15) is 30.0 Å². The van der Waals surface area contributed by atoms with Crippen molar-refractivity contribution in [3.8, 4) is 45.6 Å². The lowest BCUT2D eigenvalue weighted by Gasteiger charge is -2.22. The normalized spacial score (nSPS) is 13.4. The third-order valence-electron chi connectivity index (χ3n) is 6.71. The van der Waals surface area contributed by atoms with E-state index in [1.165, 1.54) is 0 Å². The number of aromatic hydroxyl groups is 4. The number of esters is 2. The topological polar surface area (TPSA) is 152 Å². The molecule has 0 amide bonds. The van der Waals surface area contributed by atoms with Crippen molar-refractivity contribution in [2.45, 2.75) is 26.1 Å². The molecule has 1 aliphatic rings. The smallest absolute Gasteiger partial charge is 0.340 e. The van der Waals surface area contributed by atoms with Gasteiger partial charge in [0.05, 0.1) is 27.9 Å². The van der Waals surface area contributed by atoms with Crippen LogP contribution in [-0.4, -0.2) is 45.6 Å². The molecule has 0 bridgehead atoms. The first kappa shape index (κ1) is 29.8. The second-order valence-corrected chi connectivity index (χ2v) is 10.7. The molecule has 0 radical (unpaired) electrons. The summed E-state index contributed by atoms with van der Waals surface area (Å²) in [7, 11) is 0. The summed E-state index contributed by atoms with van der Waals surface area (Å²) >= 11 is 1.70. The van der Waals surface area contributed by atoms with Gasteiger partial charge in [-0.1, -0.05) is 60.7 Å². The molecular formula is C32H27IO10. The maximum atomic E-state index is 13.4. The van der Waals surface area contributed by atoms with Gasteiger partial charge in [0, 0.05) is 11.1 Å². The second kappa shape index (κ2) is 13.1. The van der Waals surface area contributed by atoms with Crippen molar-refractivity contribution in [3.05, 3.63) is 92.6 Å². The summed E-state index contributed by atoms with van der Waals surface area (Å²) in [6.07, 6.45) is 0.744. The van der Waals surface area contributed by atoms with Gasteiger partial charge in [-0.3, -0.25) is 0 Å². The highest BCUT2D eigenvalue weighted by Gasteiger charge is 2.35. The van der Waals surface area contributed by atoms with Crippen LogP contribution in [0.3, 0.4) is 0 Å². The maximum Gasteiger partial charge on any atom is 0.340 e. The number of fused-ring (bicyclic) bond motifs is 3. The van der Waals surface area contributed by atoms with E-state index in [4.69, 9.17) is 18.9 Å². The molecule has 222 valence electrons. The van der Waals surface area contributed by atoms with E-state index < -0.39 is 46.4 Å². The summed E-state index contributed by atoms with van der Waals surface area (Å²) in [5.41, 5.74) is 0.00572. The zero-order chi connectivity index (χ0) is 30.5. The molecule has 10 nitrogen and oxygen atoms in total. The number of phenolic OH excluding ortho intramolecular Hbond substituents is 4. The Morgan fingerprint density at radius 2 is 1.16 bits per heavy atom. The SMILES string of the molecule is O=C1OCCCCOC(=O)c2c(I)c(O)c(OCc3ccccc3)c(O)c2-c2c1cc(O)c(OCc1ccccc1)c2O. The summed E-state index contributed by atoms with van der Waals surface area (Å²) in [5.74, 6) is -5.26. The number of carbonyl (C=O) groups excluding carboxylic acids is 2. The summed E-state index contributed by atoms with van der Waals surface area (Å²) in [5, 5.41) is 45.1. The fourth-order valence-electron chi connectivity index (χ4n) is 4.58. The van der Waals surface area contributed by atoms with Crippen LogP contribution in [0.15, 0.2) is 66.7 Å². The summed E-state index contributed by atoms with van der Waals surface area (Å²) < 4.78 is 22.3. The molecule has 0 fully saturated rings. The van der Waals surface area contributed by atoms with Crippen LogP contribution >= 0.6 is 22.6 Å². The minimum Gasteiger partial charge on any atom is -0.504 e. The van der Waals surface area contributed by atoms with Gasteiger partial charge in [0.15, 0.2) is 23.0 Å². The Bertz CT molecular complexity index is 1650. The van der Waals surface area contributed by atoms with Gasteiger partial charge in [-0.05, 0) is 52.6 Å². The second-order valence-electron chi connectivity index (χ2n) is 9.61. The minimum atomic E-state index is -0.927. The molecule has 0 atom stereocenters. The molecular weight excluding hydrogens is 671 g/mol. The van der Waals surface area contributed by atoms with E-state index >= 15 is 0 Å². The Hall–Kier alpha value is -4.65. The lowest BCUT2D eigenvalue weighted by molar-refractivity contribution is 0.0429. The molecule has 5 rings (SSSR count). The molecule has 0 spiro atoms. The van der Waals surface area contributed by atoms with Crippen LogP contribution in [0.2, 0.25) is 0 Å². The molecule has 0 aromatic heterocycles. The number of hydrogen-bond acceptors (Lipinski definition) is 10. The van der Waals surface area contributed by atoms with Gasteiger partial charge in [0.25, 0.3) is 0 Å². The van der Waals surface area contributed by atoms with Crippen LogP contribution < -0.4 is 9.47 Å². The van der Waals surface area contributed by atoms with Gasteiger partial charge in [0.1, 0.15) is 13.2 Å². The molecule has 4 aromatic rings. The van der Waals surface area contributed by atoms with E-state index in [2.05, 4.69) is 0 Å². The minimum absolute atomic E-state index is 0.0268. The first-order valence-corrected chi connectivity index (χ1v) is 14.4. The average Bonchev–Trinajstić information content (AvgIpc) is 3.01. The summed E-state index contributed by atoms with van der Waals surface area (Å²) in [4.78, 5) is 26.7. The zero-order valence-electron chi connectivity index (χ0n) is 22.7. The van der Waals surface area contributed by atoms with Crippen molar-refractivity contribution in [1.82, 2.24) is 0 Å². The van der Waals surface area contributed by atoms with Gasteiger partial charge < -0.3 is 39.4 Å². The molecule has 11 heteroatoms. The zero-order valence-corrected chi connectivity index (χ0v) is 24.9. The monoisotopic (exact) mass is 698 g/mol. The Morgan fingerprint density at radius 3 is 1.74 bits per heavy atom. The van der Waals surface area contributed by atoms with E-state index in [0.717, 1.165) is 17.2 Å². The van der Waals surface area contributed by atoms with Crippen molar-refractivity contribution in [3.63, 3.8) is 0 Å². The Kier molecular flexibility index (Phi) is 9.10. The average molecular weight is 698 g/mol. The molecule has 0 saturated carbocycles. The first-order chi connectivity index (χ1) is 20.8. The number of carbonyl (C=O) groups is 2. The number of halogens is 1. The fourth-order valence-corrected chi connectivity index (χ4v) is 5.31. The van der Waals surface area contributed by atoms with E-state index in [-0.39, 0.29) is 52.3 Å². The number of rotatable bonds is 6. The Labute approximate surface area is 260 Å². The van der Waals surface area contributed by atoms with Gasteiger partial charge in [0.2, 0.25) is 11.5 Å². The lowest BCUT2D eigenvalue weighted by atomic mass is 9.91. The summed E-state index contributed by atoms with van der Waals surface area (Å²) in [6, 6.07) is 18.9. The lowest BCUT2D eigenvalue weighted by Crippen LogP contribution is -2.16. The number of ether oxygens (including phenoxy) is 4. The third-order valence-corrected chi connectivity index (χ3v) is 7.76. The quantitative estimate of drug-likeness (QED) is 0.139. The molecule has 4 aromatic carbocycles. The predicted octanol–water partition coefficient (Wildman–Crippen LogP) is 6.05. The Morgan fingerprint density at radius 1 is 0.651 bits per heavy atom. The molecule has 1 aliphatic heterocycles. The molecule has 0 aliphatic carbocycles. The van der Waals surface area contributed by atoms with Crippen LogP contribution in [-0.2, 0) is 22.7 Å². The van der Waals surface area contributed by atoms with Crippen molar-refractivity contribution in [1.29, 1.82) is 0 Å². The van der Waals surface area contributed by atoms with E-state index in [0.29, 0.717) is 12.8 Å². The van der Waals surface area contributed by atoms with Gasteiger partial charge in [-0.25, -0.2) is 9.59 Å².